The second kappa shape index (κ2) is 7.19. The zero-order valence-corrected chi connectivity index (χ0v) is 11.7. The highest BCUT2D eigenvalue weighted by atomic mass is 35.5. The van der Waals surface area contributed by atoms with Gasteiger partial charge in [0.1, 0.15) is 5.54 Å². The van der Waals surface area contributed by atoms with Gasteiger partial charge in [0.15, 0.2) is 0 Å². The Hall–Kier alpha value is -1.32. The molecule has 1 aromatic carbocycles. The number of nitrogens with two attached hydrogens (primary N) is 1. The lowest BCUT2D eigenvalue weighted by molar-refractivity contribution is -0.126. The summed E-state index contributed by atoms with van der Waals surface area (Å²) in [6, 6.07) is 9.42. The van der Waals surface area contributed by atoms with Crippen LogP contribution >= 0.6 is 12.4 Å². The van der Waals surface area contributed by atoms with Gasteiger partial charge >= 0.3 is 0 Å². The van der Waals surface area contributed by atoms with E-state index in [-0.39, 0.29) is 24.4 Å². The summed E-state index contributed by atoms with van der Waals surface area (Å²) in [5, 5.41) is 2.88. The summed E-state index contributed by atoms with van der Waals surface area (Å²) in [4.78, 5) is 12.1. The molecule has 1 amide bonds. The van der Waals surface area contributed by atoms with Crippen LogP contribution in [0.2, 0.25) is 0 Å². The summed E-state index contributed by atoms with van der Waals surface area (Å²) in [6.45, 7) is 7.30. The quantitative estimate of drug-likeness (QED) is 0.806. The molecule has 0 bridgehead atoms. The molecule has 100 valence electrons. The molecule has 1 aromatic rings. The monoisotopic (exact) mass is 268 g/mol. The van der Waals surface area contributed by atoms with E-state index in [9.17, 15) is 4.79 Å². The van der Waals surface area contributed by atoms with E-state index in [2.05, 4.69) is 11.9 Å². The molecule has 0 aliphatic carbocycles. The Bertz CT molecular complexity index is 390. The first-order valence-electron chi connectivity index (χ1n) is 5.74. The van der Waals surface area contributed by atoms with E-state index in [0.29, 0.717) is 0 Å². The molecule has 0 aliphatic heterocycles. The van der Waals surface area contributed by atoms with Crippen molar-refractivity contribution in [1.82, 2.24) is 5.32 Å². The number of hydrogen-bond donors (Lipinski definition) is 2. The molecular formula is C14H21ClN2O. The summed E-state index contributed by atoms with van der Waals surface area (Å²) >= 11 is 0. The van der Waals surface area contributed by atoms with Crippen LogP contribution in [0.5, 0.6) is 0 Å². The number of carbonyl (C=O) groups is 1. The van der Waals surface area contributed by atoms with Gasteiger partial charge in [-0.3, -0.25) is 4.79 Å². The number of rotatable bonds is 5. The maximum Gasteiger partial charge on any atom is 0.244 e. The van der Waals surface area contributed by atoms with E-state index in [1.165, 1.54) is 0 Å². The van der Waals surface area contributed by atoms with Gasteiger partial charge in [0, 0.05) is 6.04 Å². The van der Waals surface area contributed by atoms with Crippen molar-refractivity contribution in [3.05, 3.63) is 48.6 Å². The average Bonchev–Trinajstić information content (AvgIpc) is 2.30. The zero-order valence-electron chi connectivity index (χ0n) is 10.8. The van der Waals surface area contributed by atoms with E-state index < -0.39 is 5.54 Å². The Balaban J connectivity index is 0.00000289. The maximum absolute atomic E-state index is 12.1. The minimum Gasteiger partial charge on any atom is -0.351 e. The van der Waals surface area contributed by atoms with Crippen molar-refractivity contribution < 1.29 is 4.79 Å². The van der Waals surface area contributed by atoms with Crippen LogP contribution in [0.15, 0.2) is 43.0 Å². The van der Waals surface area contributed by atoms with E-state index >= 15 is 0 Å². The van der Waals surface area contributed by atoms with E-state index in [1.807, 2.05) is 37.3 Å². The summed E-state index contributed by atoms with van der Waals surface area (Å²) in [6.07, 6.45) is 2.51. The Morgan fingerprint density at radius 2 is 2.06 bits per heavy atom. The van der Waals surface area contributed by atoms with Gasteiger partial charge in [0.05, 0.1) is 0 Å². The highest BCUT2D eigenvalue weighted by Crippen LogP contribution is 2.17. The number of nitrogens with one attached hydrogen (secondary N) is 1. The highest BCUT2D eigenvalue weighted by molar-refractivity contribution is 5.87. The van der Waals surface area contributed by atoms with Crippen LogP contribution in [0.3, 0.4) is 0 Å². The minimum absolute atomic E-state index is 0. The molecule has 0 heterocycles. The van der Waals surface area contributed by atoms with Gasteiger partial charge < -0.3 is 11.1 Å². The van der Waals surface area contributed by atoms with Crippen LogP contribution in [0.25, 0.3) is 0 Å². The van der Waals surface area contributed by atoms with Crippen molar-refractivity contribution in [3.63, 3.8) is 0 Å². The SMILES string of the molecule is C=CCC(C)NC(=O)C(C)(N)c1ccccc1.Cl. The maximum atomic E-state index is 12.1. The third-order valence-corrected chi connectivity index (χ3v) is 2.74. The first-order chi connectivity index (χ1) is 7.98. The molecule has 2 atom stereocenters. The van der Waals surface area contributed by atoms with Crippen molar-refractivity contribution in [2.24, 2.45) is 5.73 Å². The minimum atomic E-state index is -1.00. The van der Waals surface area contributed by atoms with E-state index in [0.717, 1.165) is 12.0 Å². The lowest BCUT2D eigenvalue weighted by atomic mass is 9.92. The van der Waals surface area contributed by atoms with Gasteiger partial charge in [0.25, 0.3) is 0 Å². The Morgan fingerprint density at radius 3 is 2.56 bits per heavy atom. The Kier molecular flexibility index (Phi) is 6.66. The number of benzene rings is 1. The highest BCUT2D eigenvalue weighted by Gasteiger charge is 2.30. The largest absolute Gasteiger partial charge is 0.351 e. The Morgan fingerprint density at radius 1 is 1.50 bits per heavy atom. The number of amides is 1. The third kappa shape index (κ3) is 4.17. The van der Waals surface area contributed by atoms with Crippen LogP contribution in [-0.2, 0) is 10.3 Å². The molecular weight excluding hydrogens is 248 g/mol. The second-order valence-electron chi connectivity index (χ2n) is 4.47. The molecule has 0 spiro atoms. The molecule has 0 saturated carbocycles. The fourth-order valence-electron chi connectivity index (χ4n) is 1.60. The predicted octanol–water partition coefficient (Wildman–Crippen LogP) is 2.36. The van der Waals surface area contributed by atoms with Gasteiger partial charge in [-0.25, -0.2) is 0 Å². The molecule has 0 saturated heterocycles. The van der Waals surface area contributed by atoms with Crippen molar-refractivity contribution in [1.29, 1.82) is 0 Å². The zero-order chi connectivity index (χ0) is 12.9. The van der Waals surface area contributed by atoms with E-state index in [1.54, 1.807) is 13.0 Å². The summed E-state index contributed by atoms with van der Waals surface area (Å²) in [5.41, 5.74) is 5.89. The van der Waals surface area contributed by atoms with Crippen LogP contribution in [0, 0.1) is 0 Å². The fraction of sp³-hybridized carbons (Fsp3) is 0.357. The molecule has 1 rings (SSSR count). The second-order valence-corrected chi connectivity index (χ2v) is 4.47. The van der Waals surface area contributed by atoms with Crippen LogP contribution in [0.4, 0.5) is 0 Å². The van der Waals surface area contributed by atoms with Crippen molar-refractivity contribution in [2.45, 2.75) is 31.8 Å². The molecule has 3 N–H and O–H groups in total. The topological polar surface area (TPSA) is 55.1 Å². The van der Waals surface area contributed by atoms with Gasteiger partial charge in [0.2, 0.25) is 5.91 Å². The van der Waals surface area contributed by atoms with Gasteiger partial charge in [-0.15, -0.1) is 19.0 Å². The molecule has 0 aliphatic rings. The predicted molar refractivity (Wildman–Crippen MR) is 77.6 cm³/mol. The molecule has 4 heteroatoms. The van der Waals surface area contributed by atoms with Crippen LogP contribution in [-0.4, -0.2) is 11.9 Å². The number of halogens is 1. The standard InChI is InChI=1S/C14H20N2O.ClH/c1-4-8-11(2)16-13(17)14(3,15)12-9-6-5-7-10-12;/h4-7,9-11H,1,8,15H2,2-3H3,(H,16,17);1H. The van der Waals surface area contributed by atoms with Gasteiger partial charge in [-0.2, -0.15) is 0 Å². The van der Waals surface area contributed by atoms with Crippen LogP contribution in [0.1, 0.15) is 25.8 Å². The summed E-state index contributed by atoms with van der Waals surface area (Å²) in [5.74, 6) is -0.168. The first kappa shape index (κ1) is 16.7. The lowest BCUT2D eigenvalue weighted by Gasteiger charge is -2.26. The number of carbonyl (C=O) groups excluding carboxylic acids is 1. The molecule has 18 heavy (non-hydrogen) atoms. The average molecular weight is 269 g/mol. The van der Waals surface area contributed by atoms with E-state index in [4.69, 9.17) is 5.73 Å². The molecule has 3 nitrogen and oxygen atoms in total. The summed E-state index contributed by atoms with van der Waals surface area (Å²) < 4.78 is 0. The first-order valence-corrected chi connectivity index (χ1v) is 5.74. The fourth-order valence-corrected chi connectivity index (χ4v) is 1.60. The van der Waals surface area contributed by atoms with Crippen LogP contribution < -0.4 is 11.1 Å². The lowest BCUT2D eigenvalue weighted by Crippen LogP contribution is -2.51. The third-order valence-electron chi connectivity index (χ3n) is 2.74. The molecule has 0 aromatic heterocycles. The Labute approximate surface area is 115 Å². The van der Waals surface area contributed by atoms with Gasteiger partial charge in [-0.1, -0.05) is 36.4 Å². The number of hydrogen-bond acceptors (Lipinski definition) is 2. The van der Waals surface area contributed by atoms with Crippen molar-refractivity contribution >= 4 is 18.3 Å². The molecule has 0 radical (unpaired) electrons. The smallest absolute Gasteiger partial charge is 0.244 e. The normalized spacial score (nSPS) is 14.8. The van der Waals surface area contributed by atoms with Crippen molar-refractivity contribution in [3.8, 4) is 0 Å². The summed E-state index contributed by atoms with van der Waals surface area (Å²) in [7, 11) is 0. The molecule has 2 unspecified atom stereocenters. The van der Waals surface area contributed by atoms with Crippen molar-refractivity contribution in [2.75, 3.05) is 0 Å². The molecule has 0 fully saturated rings. The van der Waals surface area contributed by atoms with Gasteiger partial charge in [-0.05, 0) is 25.8 Å².